The molecule has 0 aliphatic carbocycles. The Morgan fingerprint density at radius 3 is 1.88 bits per heavy atom. The van der Waals surface area contributed by atoms with Gasteiger partial charge in [-0.25, -0.2) is 4.79 Å². The van der Waals surface area contributed by atoms with Crippen molar-refractivity contribution in [3.05, 3.63) is 54.1 Å². The van der Waals surface area contributed by atoms with Crippen molar-refractivity contribution in [2.45, 2.75) is 12.4 Å². The summed E-state index contributed by atoms with van der Waals surface area (Å²) in [5.74, 6) is -0.917. The van der Waals surface area contributed by atoms with Crippen LogP contribution < -0.4 is 4.18 Å². The van der Waals surface area contributed by atoms with Gasteiger partial charge in [0, 0.05) is 0 Å². The molecule has 0 saturated carbocycles. The lowest BCUT2D eigenvalue weighted by molar-refractivity contribution is -0.0500. The number of alkyl halides is 3. The fourth-order valence-electron chi connectivity index (χ4n) is 1.89. The highest BCUT2D eigenvalue weighted by molar-refractivity contribution is 7.88. The average Bonchev–Trinajstić information content (AvgIpc) is 2.54. The molecule has 0 heterocycles. The Morgan fingerprint density at radius 2 is 1.44 bits per heavy atom. The zero-order valence-electron chi connectivity index (χ0n) is 12.9. The third-order valence-electron chi connectivity index (χ3n) is 3.07. The van der Waals surface area contributed by atoms with Crippen molar-refractivity contribution >= 4 is 16.1 Å². The summed E-state index contributed by atoms with van der Waals surface area (Å²) in [7, 11) is -5.70. The second-order valence-electron chi connectivity index (χ2n) is 4.81. The molecule has 0 spiro atoms. The quantitative estimate of drug-likeness (QED) is 0.453. The Labute approximate surface area is 142 Å². The van der Waals surface area contributed by atoms with Crippen molar-refractivity contribution in [2.75, 3.05) is 6.61 Å². The predicted molar refractivity (Wildman–Crippen MR) is 83.4 cm³/mol. The number of esters is 1. The maximum Gasteiger partial charge on any atom is 0.534 e. The van der Waals surface area contributed by atoms with Crippen molar-refractivity contribution in [3.63, 3.8) is 0 Å². The first kappa shape index (κ1) is 18.8. The molecule has 2 aromatic rings. The predicted octanol–water partition coefficient (Wildman–Crippen LogP) is 3.76. The van der Waals surface area contributed by atoms with E-state index >= 15 is 0 Å². The first-order valence-electron chi connectivity index (χ1n) is 7.02. The number of halogens is 3. The molecule has 0 aliphatic heterocycles. The third-order valence-corrected chi connectivity index (χ3v) is 4.05. The molecule has 0 N–H and O–H groups in total. The zero-order valence-corrected chi connectivity index (χ0v) is 13.7. The van der Waals surface area contributed by atoms with Gasteiger partial charge in [0.1, 0.15) is 5.75 Å². The van der Waals surface area contributed by atoms with Crippen LogP contribution in [-0.4, -0.2) is 26.5 Å². The van der Waals surface area contributed by atoms with Crippen molar-refractivity contribution in [1.82, 2.24) is 0 Å². The molecule has 134 valence electrons. The Balaban J connectivity index is 2.16. The van der Waals surface area contributed by atoms with E-state index in [-0.39, 0.29) is 6.61 Å². The van der Waals surface area contributed by atoms with Crippen LogP contribution in [0.3, 0.4) is 0 Å². The van der Waals surface area contributed by atoms with Crippen LogP contribution in [0.15, 0.2) is 48.5 Å². The number of ether oxygens (including phenoxy) is 1. The van der Waals surface area contributed by atoms with E-state index < -0.39 is 27.3 Å². The first-order valence-corrected chi connectivity index (χ1v) is 8.43. The smallest absolute Gasteiger partial charge is 0.462 e. The molecule has 0 saturated heterocycles. The highest BCUT2D eigenvalue weighted by Crippen LogP contribution is 2.28. The van der Waals surface area contributed by atoms with Gasteiger partial charge in [-0.05, 0) is 42.3 Å². The summed E-state index contributed by atoms with van der Waals surface area (Å²) in [6.07, 6.45) is 0. The largest absolute Gasteiger partial charge is 0.534 e. The van der Waals surface area contributed by atoms with Gasteiger partial charge in [0.15, 0.2) is 0 Å². The lowest BCUT2D eigenvalue weighted by Gasteiger charge is -2.10. The van der Waals surface area contributed by atoms with Crippen LogP contribution in [0.1, 0.15) is 17.3 Å². The van der Waals surface area contributed by atoms with E-state index in [0.717, 1.165) is 12.1 Å². The lowest BCUT2D eigenvalue weighted by atomic mass is 10.0. The summed E-state index contributed by atoms with van der Waals surface area (Å²) in [5, 5.41) is 0. The Bertz CT molecular complexity index is 841. The second kappa shape index (κ2) is 7.14. The maximum atomic E-state index is 12.3. The van der Waals surface area contributed by atoms with Gasteiger partial charge in [0.2, 0.25) is 0 Å². The molecular weight excluding hydrogens is 361 g/mol. The average molecular weight is 374 g/mol. The zero-order chi connectivity index (χ0) is 18.7. The van der Waals surface area contributed by atoms with Gasteiger partial charge in [-0.2, -0.15) is 21.6 Å². The van der Waals surface area contributed by atoms with Gasteiger partial charge >= 0.3 is 21.6 Å². The molecule has 0 atom stereocenters. The molecule has 0 bridgehead atoms. The fourth-order valence-corrected chi connectivity index (χ4v) is 2.35. The SMILES string of the molecule is CCOC(=O)c1ccc(-c2ccc(OS(=O)(=O)C(F)(F)F)cc2)cc1. The van der Waals surface area contributed by atoms with Crippen LogP contribution in [0.2, 0.25) is 0 Å². The number of carbonyl (C=O) groups excluding carboxylic acids is 1. The van der Waals surface area contributed by atoms with Crippen LogP contribution in [0.5, 0.6) is 5.75 Å². The molecular formula is C16H13F3O5S. The summed E-state index contributed by atoms with van der Waals surface area (Å²) in [6, 6.07) is 11.4. The highest BCUT2D eigenvalue weighted by Gasteiger charge is 2.48. The number of benzene rings is 2. The van der Waals surface area contributed by atoms with Crippen LogP contribution in [0.25, 0.3) is 11.1 Å². The van der Waals surface area contributed by atoms with E-state index in [1.54, 1.807) is 31.2 Å². The minimum atomic E-state index is -5.70. The number of hydrogen-bond donors (Lipinski definition) is 0. The Hall–Kier alpha value is -2.55. The normalized spacial score (nSPS) is 11.8. The minimum absolute atomic E-state index is 0.253. The lowest BCUT2D eigenvalue weighted by Crippen LogP contribution is -2.28. The summed E-state index contributed by atoms with van der Waals surface area (Å²) >= 11 is 0. The van der Waals surface area contributed by atoms with Crippen LogP contribution >= 0.6 is 0 Å². The van der Waals surface area contributed by atoms with Gasteiger partial charge in [-0.1, -0.05) is 24.3 Å². The molecule has 2 aromatic carbocycles. The van der Waals surface area contributed by atoms with E-state index in [1.807, 2.05) is 0 Å². The van der Waals surface area contributed by atoms with Gasteiger partial charge < -0.3 is 8.92 Å². The molecule has 0 aromatic heterocycles. The fraction of sp³-hybridized carbons (Fsp3) is 0.188. The molecule has 0 amide bonds. The molecule has 25 heavy (non-hydrogen) atoms. The molecule has 0 aliphatic rings. The van der Waals surface area contributed by atoms with Crippen LogP contribution in [-0.2, 0) is 14.9 Å². The van der Waals surface area contributed by atoms with E-state index in [0.29, 0.717) is 16.7 Å². The van der Waals surface area contributed by atoms with Gasteiger partial charge in [0.05, 0.1) is 12.2 Å². The number of hydrogen-bond acceptors (Lipinski definition) is 5. The highest BCUT2D eigenvalue weighted by atomic mass is 32.2. The Kier molecular flexibility index (Phi) is 5.36. The number of carbonyl (C=O) groups is 1. The van der Waals surface area contributed by atoms with Crippen molar-refractivity contribution in [2.24, 2.45) is 0 Å². The summed E-state index contributed by atoms with van der Waals surface area (Å²) in [4.78, 5) is 11.6. The van der Waals surface area contributed by atoms with Crippen molar-refractivity contribution < 1.29 is 35.3 Å². The maximum absolute atomic E-state index is 12.3. The standard InChI is InChI=1S/C16H13F3O5S/c1-2-23-15(20)13-5-3-11(4-6-13)12-7-9-14(10-8-12)24-25(21,22)16(17,18)19/h3-10H,2H2,1H3. The molecule has 0 radical (unpaired) electrons. The molecule has 9 heteroatoms. The van der Waals surface area contributed by atoms with E-state index in [1.165, 1.54) is 12.1 Å². The molecule has 5 nitrogen and oxygen atoms in total. The molecule has 0 unspecified atom stereocenters. The topological polar surface area (TPSA) is 69.7 Å². The second-order valence-corrected chi connectivity index (χ2v) is 6.34. The minimum Gasteiger partial charge on any atom is -0.462 e. The van der Waals surface area contributed by atoms with Crippen LogP contribution in [0, 0.1) is 0 Å². The molecule has 2 rings (SSSR count). The van der Waals surface area contributed by atoms with Crippen molar-refractivity contribution in [1.29, 1.82) is 0 Å². The summed E-state index contributed by atoms with van der Waals surface area (Å²) < 4.78 is 67.6. The van der Waals surface area contributed by atoms with Gasteiger partial charge in [0.25, 0.3) is 0 Å². The summed E-state index contributed by atoms with van der Waals surface area (Å²) in [5.41, 5.74) is -3.85. The van der Waals surface area contributed by atoms with E-state index in [2.05, 4.69) is 4.18 Å². The molecule has 0 fully saturated rings. The number of rotatable bonds is 5. The van der Waals surface area contributed by atoms with Crippen LogP contribution in [0.4, 0.5) is 13.2 Å². The van der Waals surface area contributed by atoms with E-state index in [4.69, 9.17) is 4.74 Å². The Morgan fingerprint density at radius 1 is 0.960 bits per heavy atom. The van der Waals surface area contributed by atoms with Gasteiger partial charge in [-0.15, -0.1) is 0 Å². The monoisotopic (exact) mass is 374 g/mol. The first-order chi connectivity index (χ1) is 11.6. The van der Waals surface area contributed by atoms with Crippen molar-refractivity contribution in [3.8, 4) is 16.9 Å². The van der Waals surface area contributed by atoms with E-state index in [9.17, 15) is 26.4 Å². The summed E-state index contributed by atoms with van der Waals surface area (Å²) in [6.45, 7) is 1.94. The third kappa shape index (κ3) is 4.50. The van der Waals surface area contributed by atoms with Gasteiger partial charge in [-0.3, -0.25) is 0 Å².